The Balaban J connectivity index is 2.39. The summed E-state index contributed by atoms with van der Waals surface area (Å²) < 4.78 is 0. The van der Waals surface area contributed by atoms with Gasteiger partial charge in [0.2, 0.25) is 0 Å². The molecule has 0 bridgehead atoms. The van der Waals surface area contributed by atoms with Crippen molar-refractivity contribution in [3.8, 4) is 11.3 Å². The number of nitrogens with two attached hydrogens (primary N) is 1. The largest absolute Gasteiger partial charge is 0.398 e. The number of rotatable bonds is 4. The summed E-state index contributed by atoms with van der Waals surface area (Å²) in [6.45, 7) is 3.60. The Morgan fingerprint density at radius 2 is 2.17 bits per heavy atom. The van der Waals surface area contributed by atoms with Crippen molar-refractivity contribution in [3.63, 3.8) is 0 Å². The molecule has 0 saturated heterocycles. The molecule has 0 unspecified atom stereocenters. The van der Waals surface area contributed by atoms with Gasteiger partial charge in [-0.3, -0.25) is 9.78 Å². The van der Waals surface area contributed by atoms with E-state index in [1.807, 2.05) is 0 Å². The van der Waals surface area contributed by atoms with Gasteiger partial charge in [0.15, 0.2) is 10.9 Å². The highest BCUT2D eigenvalue weighted by Gasteiger charge is 2.09. The minimum atomic E-state index is -0.297. The summed E-state index contributed by atoms with van der Waals surface area (Å²) in [5.41, 5.74) is 6.83. The van der Waals surface area contributed by atoms with Crippen LogP contribution < -0.4 is 11.3 Å². The number of H-pyrrole nitrogens is 1. The van der Waals surface area contributed by atoms with E-state index in [0.29, 0.717) is 22.2 Å². The molecule has 0 saturated carbocycles. The van der Waals surface area contributed by atoms with Crippen molar-refractivity contribution in [1.29, 1.82) is 0 Å². The van der Waals surface area contributed by atoms with Gasteiger partial charge in [-0.25, -0.2) is 0 Å². The lowest BCUT2D eigenvalue weighted by molar-refractivity contribution is 0.825. The number of anilines is 1. The predicted octanol–water partition coefficient (Wildman–Crippen LogP) is 1.69. The molecule has 2 rings (SSSR count). The first kappa shape index (κ1) is 12.4. The SMILES string of the molecule is C=CCSc1nnc(-c2ccccc2N)c(=O)[nH]1. The average Bonchev–Trinajstić information content (AvgIpc) is 2.38. The third kappa shape index (κ3) is 2.60. The molecule has 1 aromatic heterocycles. The zero-order chi connectivity index (χ0) is 13.0. The number of nitrogens with one attached hydrogen (secondary N) is 1. The number of aromatic amines is 1. The zero-order valence-electron chi connectivity index (χ0n) is 9.59. The molecule has 6 heteroatoms. The van der Waals surface area contributed by atoms with E-state index in [9.17, 15) is 4.79 Å². The fourth-order valence-corrected chi connectivity index (χ4v) is 1.95. The molecular weight excluding hydrogens is 248 g/mol. The van der Waals surface area contributed by atoms with E-state index < -0.39 is 0 Å². The Morgan fingerprint density at radius 3 is 2.83 bits per heavy atom. The molecule has 0 amide bonds. The van der Waals surface area contributed by atoms with Gasteiger partial charge in [-0.1, -0.05) is 36.0 Å². The Kier molecular flexibility index (Phi) is 3.78. The summed E-state index contributed by atoms with van der Waals surface area (Å²) >= 11 is 1.36. The van der Waals surface area contributed by atoms with E-state index >= 15 is 0 Å². The Hall–Kier alpha value is -2.08. The van der Waals surface area contributed by atoms with Crippen molar-refractivity contribution in [3.05, 3.63) is 47.3 Å². The molecule has 18 heavy (non-hydrogen) atoms. The molecule has 3 N–H and O–H groups in total. The number of nitrogens with zero attached hydrogens (tertiary/aromatic N) is 2. The van der Waals surface area contributed by atoms with Crippen LogP contribution in [-0.2, 0) is 0 Å². The van der Waals surface area contributed by atoms with E-state index in [1.165, 1.54) is 11.8 Å². The van der Waals surface area contributed by atoms with Crippen LogP contribution in [0.15, 0.2) is 46.9 Å². The predicted molar refractivity (Wildman–Crippen MR) is 73.4 cm³/mol. The van der Waals surface area contributed by atoms with Crippen molar-refractivity contribution in [2.45, 2.75) is 5.16 Å². The fraction of sp³-hybridized carbons (Fsp3) is 0.0833. The van der Waals surface area contributed by atoms with Crippen LogP contribution in [0.3, 0.4) is 0 Å². The highest BCUT2D eigenvalue weighted by atomic mass is 32.2. The molecular formula is C12H12N4OS. The van der Waals surface area contributed by atoms with Crippen LogP contribution in [0, 0.1) is 0 Å². The summed E-state index contributed by atoms with van der Waals surface area (Å²) in [6.07, 6.45) is 1.73. The normalized spacial score (nSPS) is 10.2. The standard InChI is InChI=1S/C12H12N4OS/c1-2-7-18-12-14-11(17)10(15-16-12)8-5-3-4-6-9(8)13/h2-6H,1,7,13H2,(H,14,16,17). The molecule has 5 nitrogen and oxygen atoms in total. The summed E-state index contributed by atoms with van der Waals surface area (Å²) in [6, 6.07) is 7.06. The minimum Gasteiger partial charge on any atom is -0.398 e. The number of thioether (sulfide) groups is 1. The number of hydrogen-bond acceptors (Lipinski definition) is 5. The van der Waals surface area contributed by atoms with E-state index in [4.69, 9.17) is 5.73 Å². The molecule has 92 valence electrons. The van der Waals surface area contributed by atoms with Crippen LogP contribution in [0.25, 0.3) is 11.3 Å². The van der Waals surface area contributed by atoms with Crippen molar-refractivity contribution in [2.75, 3.05) is 11.5 Å². The lowest BCUT2D eigenvalue weighted by atomic mass is 10.1. The second-order valence-corrected chi connectivity index (χ2v) is 4.50. The van der Waals surface area contributed by atoms with E-state index in [1.54, 1.807) is 30.3 Å². The second-order valence-electron chi connectivity index (χ2n) is 3.49. The summed E-state index contributed by atoms with van der Waals surface area (Å²) in [5.74, 6) is 0.664. The second kappa shape index (κ2) is 5.50. The van der Waals surface area contributed by atoms with Crippen LogP contribution in [0.4, 0.5) is 5.69 Å². The molecule has 2 aromatic rings. The molecule has 0 radical (unpaired) electrons. The first-order valence-electron chi connectivity index (χ1n) is 5.28. The minimum absolute atomic E-state index is 0.232. The van der Waals surface area contributed by atoms with E-state index in [2.05, 4.69) is 21.8 Å². The number of hydrogen-bond donors (Lipinski definition) is 2. The van der Waals surface area contributed by atoms with Crippen LogP contribution in [0.2, 0.25) is 0 Å². The third-order valence-corrected chi connectivity index (χ3v) is 3.09. The maximum Gasteiger partial charge on any atom is 0.278 e. The van der Waals surface area contributed by atoms with Gasteiger partial charge in [-0.2, -0.15) is 0 Å². The molecule has 1 aromatic carbocycles. The van der Waals surface area contributed by atoms with Crippen molar-refractivity contribution < 1.29 is 0 Å². The molecule has 0 aliphatic rings. The molecule has 0 aliphatic heterocycles. The van der Waals surface area contributed by atoms with Gasteiger partial charge in [0.1, 0.15) is 0 Å². The van der Waals surface area contributed by atoms with Gasteiger partial charge in [-0.15, -0.1) is 16.8 Å². The highest BCUT2D eigenvalue weighted by molar-refractivity contribution is 7.99. The fourth-order valence-electron chi connectivity index (χ4n) is 1.41. The smallest absolute Gasteiger partial charge is 0.278 e. The third-order valence-electron chi connectivity index (χ3n) is 2.23. The molecule has 0 atom stereocenters. The molecule has 0 aliphatic carbocycles. The van der Waals surface area contributed by atoms with Gasteiger partial charge < -0.3 is 5.73 Å². The van der Waals surface area contributed by atoms with Crippen LogP contribution >= 0.6 is 11.8 Å². The summed E-state index contributed by atoms with van der Waals surface area (Å²) in [5, 5.41) is 8.35. The first-order valence-corrected chi connectivity index (χ1v) is 6.26. The highest BCUT2D eigenvalue weighted by Crippen LogP contribution is 2.20. The summed E-state index contributed by atoms with van der Waals surface area (Å²) in [4.78, 5) is 14.6. The maximum atomic E-state index is 11.9. The monoisotopic (exact) mass is 260 g/mol. The lowest BCUT2D eigenvalue weighted by Gasteiger charge is -2.03. The van der Waals surface area contributed by atoms with Gasteiger partial charge >= 0.3 is 0 Å². The maximum absolute atomic E-state index is 11.9. The summed E-state index contributed by atoms with van der Waals surface area (Å²) in [7, 11) is 0. The van der Waals surface area contributed by atoms with Crippen LogP contribution in [0.1, 0.15) is 0 Å². The number of para-hydroxylation sites is 1. The number of benzene rings is 1. The van der Waals surface area contributed by atoms with Crippen molar-refractivity contribution >= 4 is 17.4 Å². The van der Waals surface area contributed by atoms with Crippen molar-refractivity contribution in [2.24, 2.45) is 0 Å². The van der Waals surface area contributed by atoms with Crippen molar-refractivity contribution in [1.82, 2.24) is 15.2 Å². The number of aromatic nitrogens is 3. The van der Waals surface area contributed by atoms with Gasteiger partial charge in [0.05, 0.1) is 0 Å². The zero-order valence-corrected chi connectivity index (χ0v) is 10.4. The van der Waals surface area contributed by atoms with Gasteiger partial charge in [0, 0.05) is 17.0 Å². The Labute approximate surface area is 108 Å². The molecule has 0 fully saturated rings. The lowest BCUT2D eigenvalue weighted by Crippen LogP contribution is -2.14. The number of nitrogen functional groups attached to an aromatic ring is 1. The topological polar surface area (TPSA) is 84.7 Å². The van der Waals surface area contributed by atoms with Crippen LogP contribution in [-0.4, -0.2) is 20.9 Å². The van der Waals surface area contributed by atoms with E-state index in [0.717, 1.165) is 0 Å². The average molecular weight is 260 g/mol. The quantitative estimate of drug-likeness (QED) is 0.496. The Bertz CT molecular complexity index is 623. The van der Waals surface area contributed by atoms with Gasteiger partial charge in [-0.05, 0) is 6.07 Å². The van der Waals surface area contributed by atoms with Gasteiger partial charge in [0.25, 0.3) is 5.56 Å². The first-order chi connectivity index (χ1) is 8.72. The molecule has 1 heterocycles. The molecule has 0 spiro atoms. The van der Waals surface area contributed by atoms with Crippen LogP contribution in [0.5, 0.6) is 0 Å². The Morgan fingerprint density at radius 1 is 1.39 bits per heavy atom. The van der Waals surface area contributed by atoms with E-state index in [-0.39, 0.29) is 11.3 Å².